The van der Waals surface area contributed by atoms with Gasteiger partial charge in [0.15, 0.2) is 6.33 Å². The summed E-state index contributed by atoms with van der Waals surface area (Å²) < 4.78 is 0. The molecule has 11 heavy (non-hydrogen) atoms. The summed E-state index contributed by atoms with van der Waals surface area (Å²) in [6.07, 6.45) is 2.59. The van der Waals surface area contributed by atoms with E-state index < -0.39 is 0 Å². The first kappa shape index (κ1) is 6.95. The number of aromatic nitrogens is 2. The molecular weight excluding hydrogens is 183 g/mol. The second-order valence-electron chi connectivity index (χ2n) is 2.13. The molecule has 4 heteroatoms. The van der Waals surface area contributed by atoms with E-state index in [1.807, 2.05) is 0 Å². The van der Waals surface area contributed by atoms with Crippen LogP contribution in [0.5, 0.6) is 0 Å². The summed E-state index contributed by atoms with van der Waals surface area (Å²) in [6, 6.07) is 3.41. The first-order valence-corrected chi connectivity index (χ1v) is 3.74. The number of rotatable bonds is 0. The Kier molecular flexibility index (Phi) is 1.51. The highest BCUT2D eigenvalue weighted by Gasteiger charge is 2.02. The van der Waals surface area contributed by atoms with E-state index in [0.29, 0.717) is 15.6 Å². The van der Waals surface area contributed by atoms with Crippen LogP contribution in [-0.2, 0) is 0 Å². The number of H-pyrrole nitrogens is 1. The molecule has 55 valence electrons. The van der Waals surface area contributed by atoms with Crippen molar-refractivity contribution in [3.63, 3.8) is 0 Å². The van der Waals surface area contributed by atoms with Gasteiger partial charge in [-0.3, -0.25) is 0 Å². The second-order valence-corrected chi connectivity index (χ2v) is 2.98. The van der Waals surface area contributed by atoms with E-state index in [0.717, 1.165) is 5.52 Å². The average molecular weight is 186 g/mol. The predicted octanol–water partition coefficient (Wildman–Crippen LogP) is 2.67. The van der Waals surface area contributed by atoms with Gasteiger partial charge in [0, 0.05) is 5.02 Å². The van der Waals surface area contributed by atoms with E-state index in [1.165, 1.54) is 0 Å². The first-order valence-electron chi connectivity index (χ1n) is 2.98. The third kappa shape index (κ3) is 1.08. The summed E-state index contributed by atoms with van der Waals surface area (Å²) in [6.45, 7) is 0. The minimum atomic E-state index is 0.546. The van der Waals surface area contributed by atoms with Gasteiger partial charge >= 0.3 is 0 Å². The lowest BCUT2D eigenvalue weighted by atomic mass is 10.3. The van der Waals surface area contributed by atoms with Crippen LogP contribution in [0.1, 0.15) is 0 Å². The number of benzene rings is 1. The third-order valence-electron chi connectivity index (χ3n) is 1.39. The lowest BCUT2D eigenvalue weighted by Gasteiger charge is -1.92. The van der Waals surface area contributed by atoms with Crippen molar-refractivity contribution >= 4 is 34.2 Å². The topological polar surface area (TPSA) is 28.7 Å². The average Bonchev–Trinajstić information content (AvgIpc) is 2.34. The van der Waals surface area contributed by atoms with Crippen LogP contribution in [0.15, 0.2) is 12.1 Å². The van der Waals surface area contributed by atoms with Crippen molar-refractivity contribution < 1.29 is 0 Å². The fourth-order valence-corrected chi connectivity index (χ4v) is 1.45. The Morgan fingerprint density at radius 2 is 2.18 bits per heavy atom. The van der Waals surface area contributed by atoms with Crippen LogP contribution in [0, 0.1) is 6.33 Å². The van der Waals surface area contributed by atoms with Crippen molar-refractivity contribution in [3.05, 3.63) is 28.5 Å². The number of hydrogen-bond donors (Lipinski definition) is 1. The maximum atomic E-state index is 5.82. The van der Waals surface area contributed by atoms with Gasteiger partial charge in [0.05, 0.1) is 10.5 Å². The van der Waals surface area contributed by atoms with E-state index >= 15 is 0 Å². The Morgan fingerprint density at radius 1 is 1.36 bits per heavy atom. The maximum absolute atomic E-state index is 5.82. The molecule has 0 bridgehead atoms. The second kappa shape index (κ2) is 2.40. The minimum Gasteiger partial charge on any atom is -0.335 e. The first-order chi connectivity index (χ1) is 5.27. The molecule has 0 aliphatic rings. The molecular formula is C7H3Cl2N2. The molecule has 0 aliphatic carbocycles. The zero-order valence-corrected chi connectivity index (χ0v) is 6.87. The molecule has 0 spiro atoms. The van der Waals surface area contributed by atoms with Gasteiger partial charge in [-0.1, -0.05) is 23.2 Å². The molecule has 1 N–H and O–H groups in total. The Bertz CT molecular complexity index is 394. The number of imidazole rings is 1. The number of fused-ring (bicyclic) bond motifs is 1. The van der Waals surface area contributed by atoms with Crippen LogP contribution in [0.25, 0.3) is 11.0 Å². The Morgan fingerprint density at radius 3 is 3.00 bits per heavy atom. The number of nitrogens with one attached hydrogen (secondary N) is 1. The molecule has 1 radical (unpaired) electrons. The quantitative estimate of drug-likeness (QED) is 0.673. The SMILES string of the molecule is Clc1cc(Cl)c2n[c][nH]c2c1. The zero-order chi connectivity index (χ0) is 7.84. The van der Waals surface area contributed by atoms with E-state index in [2.05, 4.69) is 16.3 Å². The highest BCUT2D eigenvalue weighted by atomic mass is 35.5. The highest BCUT2D eigenvalue weighted by Crippen LogP contribution is 2.24. The van der Waals surface area contributed by atoms with Gasteiger partial charge in [-0.05, 0) is 12.1 Å². The van der Waals surface area contributed by atoms with E-state index in [-0.39, 0.29) is 0 Å². The molecule has 2 aromatic rings. The van der Waals surface area contributed by atoms with Crippen LogP contribution < -0.4 is 0 Å². The van der Waals surface area contributed by atoms with Gasteiger partial charge in [0.2, 0.25) is 0 Å². The smallest absolute Gasteiger partial charge is 0.174 e. The van der Waals surface area contributed by atoms with Gasteiger partial charge in [-0.25, -0.2) is 4.98 Å². The van der Waals surface area contributed by atoms with Crippen LogP contribution >= 0.6 is 23.2 Å². The van der Waals surface area contributed by atoms with Crippen LogP contribution in [0.3, 0.4) is 0 Å². The predicted molar refractivity (Wildman–Crippen MR) is 44.9 cm³/mol. The van der Waals surface area contributed by atoms with Crippen LogP contribution in [0.4, 0.5) is 0 Å². The van der Waals surface area contributed by atoms with Crippen molar-refractivity contribution in [2.24, 2.45) is 0 Å². The Labute approximate surface area is 73.1 Å². The van der Waals surface area contributed by atoms with E-state index in [9.17, 15) is 0 Å². The molecule has 0 saturated carbocycles. The summed E-state index contributed by atoms with van der Waals surface area (Å²) in [5, 5.41) is 1.14. The molecule has 1 aromatic carbocycles. The molecule has 0 saturated heterocycles. The van der Waals surface area contributed by atoms with Gasteiger partial charge < -0.3 is 4.98 Å². The molecule has 0 fully saturated rings. The van der Waals surface area contributed by atoms with E-state index in [4.69, 9.17) is 23.2 Å². The molecule has 0 aliphatic heterocycles. The normalized spacial score (nSPS) is 10.7. The van der Waals surface area contributed by atoms with E-state index in [1.54, 1.807) is 12.1 Å². The minimum absolute atomic E-state index is 0.546. The number of aromatic amines is 1. The monoisotopic (exact) mass is 185 g/mol. The van der Waals surface area contributed by atoms with Crippen molar-refractivity contribution in [3.8, 4) is 0 Å². The lowest BCUT2D eigenvalue weighted by molar-refractivity contribution is 1.32. The summed E-state index contributed by atoms with van der Waals surface area (Å²) in [7, 11) is 0. The van der Waals surface area contributed by atoms with Gasteiger partial charge in [-0.15, -0.1) is 0 Å². The van der Waals surface area contributed by atoms with Gasteiger partial charge in [-0.2, -0.15) is 0 Å². The third-order valence-corrected chi connectivity index (χ3v) is 1.89. The Hall–Kier alpha value is -0.730. The van der Waals surface area contributed by atoms with Crippen molar-refractivity contribution in [1.29, 1.82) is 0 Å². The standard InChI is InChI=1S/C7H3Cl2N2/c8-4-1-5(9)7-6(2-4)10-3-11-7/h1-2H,(H,10,11). The summed E-state index contributed by atoms with van der Waals surface area (Å²) in [5.41, 5.74) is 1.51. The molecule has 0 atom stereocenters. The molecule has 2 rings (SSSR count). The number of halogens is 2. The van der Waals surface area contributed by atoms with Gasteiger partial charge in [0.25, 0.3) is 0 Å². The van der Waals surface area contributed by atoms with Crippen LogP contribution in [0.2, 0.25) is 10.0 Å². The summed E-state index contributed by atoms with van der Waals surface area (Å²) in [5.74, 6) is 0. The van der Waals surface area contributed by atoms with Crippen molar-refractivity contribution in [2.45, 2.75) is 0 Å². The van der Waals surface area contributed by atoms with Crippen molar-refractivity contribution in [1.82, 2.24) is 9.97 Å². The molecule has 0 unspecified atom stereocenters. The molecule has 2 nitrogen and oxygen atoms in total. The summed E-state index contributed by atoms with van der Waals surface area (Å²) >= 11 is 11.6. The Balaban J connectivity index is 2.91. The fourth-order valence-electron chi connectivity index (χ4n) is 0.919. The molecule has 0 amide bonds. The lowest BCUT2D eigenvalue weighted by Crippen LogP contribution is -1.71. The maximum Gasteiger partial charge on any atom is 0.174 e. The summed E-state index contributed by atoms with van der Waals surface area (Å²) in [4.78, 5) is 6.68. The largest absolute Gasteiger partial charge is 0.335 e. The van der Waals surface area contributed by atoms with Crippen molar-refractivity contribution in [2.75, 3.05) is 0 Å². The fraction of sp³-hybridized carbons (Fsp3) is 0. The van der Waals surface area contributed by atoms with Gasteiger partial charge in [0.1, 0.15) is 5.52 Å². The zero-order valence-electron chi connectivity index (χ0n) is 5.36. The van der Waals surface area contributed by atoms with Crippen LogP contribution in [-0.4, -0.2) is 9.97 Å². The molecule has 1 aromatic heterocycles. The highest BCUT2D eigenvalue weighted by molar-refractivity contribution is 6.38. The number of hydrogen-bond acceptors (Lipinski definition) is 1. The number of nitrogens with zero attached hydrogens (tertiary/aromatic N) is 1. The molecule has 1 heterocycles.